The molecule has 0 bridgehead atoms. The molecule has 0 aliphatic heterocycles. The molecule has 33 heavy (non-hydrogen) atoms. The van der Waals surface area contributed by atoms with Gasteiger partial charge < -0.3 is 15.2 Å². The van der Waals surface area contributed by atoms with Crippen molar-refractivity contribution in [1.29, 1.82) is 0 Å². The second-order valence-corrected chi connectivity index (χ2v) is 8.11. The van der Waals surface area contributed by atoms with Crippen LogP contribution in [0.2, 0.25) is 0 Å². The van der Waals surface area contributed by atoms with Crippen molar-refractivity contribution in [2.45, 2.75) is 25.9 Å². The van der Waals surface area contributed by atoms with Gasteiger partial charge in [0.05, 0.1) is 11.8 Å². The molecule has 7 heteroatoms. The molecule has 3 aromatic rings. The SMILES string of the molecule is O=C(O)[C@H]1CCC[C@H]1C(=O)Nc1cccc(COc2ccc(-c3ccc(F)cc3F)cc2)c1. The summed E-state index contributed by atoms with van der Waals surface area (Å²) in [5.41, 5.74) is 2.32. The van der Waals surface area contributed by atoms with E-state index < -0.39 is 29.4 Å². The molecule has 0 saturated heterocycles. The van der Waals surface area contributed by atoms with Gasteiger partial charge in [-0.05, 0) is 60.4 Å². The number of amides is 1. The zero-order valence-electron chi connectivity index (χ0n) is 17.8. The largest absolute Gasteiger partial charge is 0.489 e. The van der Waals surface area contributed by atoms with Gasteiger partial charge in [0.2, 0.25) is 5.91 Å². The Hall–Kier alpha value is -3.74. The second-order valence-electron chi connectivity index (χ2n) is 8.11. The Labute approximate surface area is 190 Å². The third kappa shape index (κ3) is 5.37. The Bertz CT molecular complexity index is 1160. The van der Waals surface area contributed by atoms with Gasteiger partial charge >= 0.3 is 5.97 Å². The van der Waals surface area contributed by atoms with Crippen LogP contribution < -0.4 is 10.1 Å². The first kappa shape index (κ1) is 22.5. The predicted octanol–water partition coefficient (Wildman–Crippen LogP) is 5.65. The fourth-order valence-electron chi connectivity index (χ4n) is 4.16. The number of carbonyl (C=O) groups excluding carboxylic acids is 1. The van der Waals surface area contributed by atoms with Crippen molar-refractivity contribution in [3.63, 3.8) is 0 Å². The number of carboxylic acids is 1. The zero-order valence-corrected chi connectivity index (χ0v) is 17.8. The minimum Gasteiger partial charge on any atom is -0.489 e. The molecule has 1 fully saturated rings. The van der Waals surface area contributed by atoms with Gasteiger partial charge in [0.25, 0.3) is 0 Å². The van der Waals surface area contributed by atoms with E-state index in [1.165, 1.54) is 12.1 Å². The molecular formula is C26H23F2NO4. The van der Waals surface area contributed by atoms with Gasteiger partial charge in [-0.1, -0.05) is 30.7 Å². The molecule has 0 heterocycles. The van der Waals surface area contributed by atoms with Gasteiger partial charge in [0.1, 0.15) is 24.0 Å². The molecule has 1 saturated carbocycles. The zero-order chi connectivity index (χ0) is 23.4. The average Bonchev–Trinajstić information content (AvgIpc) is 3.29. The molecule has 2 atom stereocenters. The van der Waals surface area contributed by atoms with Crippen LogP contribution in [0.15, 0.2) is 66.7 Å². The minimum absolute atomic E-state index is 0.245. The Kier molecular flexibility index (Phi) is 6.68. The lowest BCUT2D eigenvalue weighted by atomic mass is 9.95. The van der Waals surface area contributed by atoms with Crippen molar-refractivity contribution in [3.8, 4) is 16.9 Å². The van der Waals surface area contributed by atoms with Crippen LogP contribution in [0.3, 0.4) is 0 Å². The number of aliphatic carboxylic acids is 1. The number of anilines is 1. The maximum Gasteiger partial charge on any atom is 0.307 e. The lowest BCUT2D eigenvalue weighted by molar-refractivity contribution is -0.145. The number of halogens is 2. The molecule has 3 aromatic carbocycles. The summed E-state index contributed by atoms with van der Waals surface area (Å²) in [4.78, 5) is 23.9. The standard InChI is InChI=1S/C26H23F2NO4/c27-18-9-12-21(24(28)14-18)17-7-10-20(11-8-17)33-15-16-3-1-4-19(13-16)29-25(30)22-5-2-6-23(22)26(31)32/h1,3-4,7-14,22-23H,2,5-6,15H2,(H,29,30)(H,31,32)/t22-,23+/m1/s1. The highest BCUT2D eigenvalue weighted by molar-refractivity contribution is 5.95. The normalized spacial score (nSPS) is 17.5. The summed E-state index contributed by atoms with van der Waals surface area (Å²) >= 11 is 0. The van der Waals surface area contributed by atoms with Gasteiger partial charge in [-0.15, -0.1) is 0 Å². The maximum atomic E-state index is 14.0. The molecule has 5 nitrogen and oxygen atoms in total. The molecule has 4 rings (SSSR count). The average molecular weight is 451 g/mol. The monoisotopic (exact) mass is 451 g/mol. The van der Waals surface area contributed by atoms with E-state index in [-0.39, 0.29) is 12.5 Å². The number of hydrogen-bond acceptors (Lipinski definition) is 3. The third-order valence-electron chi connectivity index (χ3n) is 5.87. The number of benzene rings is 3. The van der Waals surface area contributed by atoms with Crippen molar-refractivity contribution >= 4 is 17.6 Å². The summed E-state index contributed by atoms with van der Waals surface area (Å²) in [5, 5.41) is 12.1. The van der Waals surface area contributed by atoms with Crippen LogP contribution in [0.1, 0.15) is 24.8 Å². The number of hydrogen-bond donors (Lipinski definition) is 2. The maximum absolute atomic E-state index is 14.0. The Balaban J connectivity index is 1.37. The van der Waals surface area contributed by atoms with E-state index in [1.54, 1.807) is 42.5 Å². The number of carboxylic acid groups (broad SMARTS) is 1. The molecule has 0 radical (unpaired) electrons. The predicted molar refractivity (Wildman–Crippen MR) is 120 cm³/mol. The van der Waals surface area contributed by atoms with E-state index in [1.807, 2.05) is 6.07 Å². The summed E-state index contributed by atoms with van der Waals surface area (Å²) in [6.45, 7) is 0.245. The highest BCUT2D eigenvalue weighted by Crippen LogP contribution is 2.33. The van der Waals surface area contributed by atoms with Crippen molar-refractivity contribution < 1.29 is 28.2 Å². The summed E-state index contributed by atoms with van der Waals surface area (Å²) in [6, 6.07) is 17.4. The molecular weight excluding hydrogens is 428 g/mol. The summed E-state index contributed by atoms with van der Waals surface area (Å²) in [6.07, 6.45) is 1.83. The molecule has 2 N–H and O–H groups in total. The quantitative estimate of drug-likeness (QED) is 0.487. The Morgan fingerprint density at radius 2 is 1.73 bits per heavy atom. The van der Waals surface area contributed by atoms with Crippen LogP contribution in [-0.4, -0.2) is 17.0 Å². The first-order chi connectivity index (χ1) is 15.9. The summed E-state index contributed by atoms with van der Waals surface area (Å²) in [5.74, 6) is -3.04. The molecule has 1 amide bonds. The number of carbonyl (C=O) groups is 2. The lowest BCUT2D eigenvalue weighted by Gasteiger charge is -2.16. The second kappa shape index (κ2) is 9.81. The van der Waals surface area contributed by atoms with Crippen molar-refractivity contribution in [1.82, 2.24) is 0 Å². The van der Waals surface area contributed by atoms with E-state index in [9.17, 15) is 23.5 Å². The van der Waals surface area contributed by atoms with Crippen LogP contribution in [0.25, 0.3) is 11.1 Å². The first-order valence-electron chi connectivity index (χ1n) is 10.7. The van der Waals surface area contributed by atoms with Gasteiger partial charge in [-0.25, -0.2) is 8.78 Å². The third-order valence-corrected chi connectivity index (χ3v) is 5.87. The van der Waals surface area contributed by atoms with Crippen molar-refractivity contribution in [2.24, 2.45) is 11.8 Å². The lowest BCUT2D eigenvalue weighted by Crippen LogP contribution is -2.30. The topological polar surface area (TPSA) is 75.6 Å². The number of nitrogens with one attached hydrogen (secondary N) is 1. The van der Waals surface area contributed by atoms with Crippen molar-refractivity contribution in [3.05, 3.63) is 83.9 Å². The Morgan fingerprint density at radius 3 is 2.45 bits per heavy atom. The summed E-state index contributed by atoms with van der Waals surface area (Å²) in [7, 11) is 0. The van der Waals surface area contributed by atoms with Crippen LogP contribution in [0.5, 0.6) is 5.75 Å². The molecule has 0 aromatic heterocycles. The minimum atomic E-state index is -0.928. The van der Waals surface area contributed by atoms with E-state index in [0.717, 1.165) is 18.1 Å². The highest BCUT2D eigenvalue weighted by atomic mass is 19.1. The van der Waals surface area contributed by atoms with Crippen LogP contribution >= 0.6 is 0 Å². The number of rotatable bonds is 7. The smallest absolute Gasteiger partial charge is 0.307 e. The molecule has 170 valence electrons. The van der Waals surface area contributed by atoms with Crippen LogP contribution in [-0.2, 0) is 16.2 Å². The number of ether oxygens (including phenoxy) is 1. The van der Waals surface area contributed by atoms with Gasteiger partial charge in [0.15, 0.2) is 0 Å². The van der Waals surface area contributed by atoms with Gasteiger partial charge in [-0.3, -0.25) is 9.59 Å². The Morgan fingerprint density at radius 1 is 0.970 bits per heavy atom. The highest BCUT2D eigenvalue weighted by Gasteiger charge is 2.37. The fourth-order valence-corrected chi connectivity index (χ4v) is 4.16. The molecule has 0 unspecified atom stereocenters. The fraction of sp³-hybridized carbons (Fsp3) is 0.231. The van der Waals surface area contributed by atoms with Gasteiger partial charge in [0, 0.05) is 17.3 Å². The van der Waals surface area contributed by atoms with E-state index in [2.05, 4.69) is 5.32 Å². The molecule has 1 aliphatic rings. The van der Waals surface area contributed by atoms with Crippen LogP contribution in [0, 0.1) is 23.5 Å². The van der Waals surface area contributed by atoms with Crippen LogP contribution in [0.4, 0.5) is 14.5 Å². The van der Waals surface area contributed by atoms with Crippen molar-refractivity contribution in [2.75, 3.05) is 5.32 Å². The molecule has 1 aliphatic carbocycles. The van der Waals surface area contributed by atoms with E-state index in [0.29, 0.717) is 35.4 Å². The summed E-state index contributed by atoms with van der Waals surface area (Å²) < 4.78 is 32.9. The first-order valence-corrected chi connectivity index (χ1v) is 10.7. The van der Waals surface area contributed by atoms with Gasteiger partial charge in [-0.2, -0.15) is 0 Å². The van der Waals surface area contributed by atoms with E-state index in [4.69, 9.17) is 4.74 Å². The van der Waals surface area contributed by atoms with E-state index >= 15 is 0 Å². The molecule has 0 spiro atoms.